The molecule has 2 saturated heterocycles. The quantitative estimate of drug-likeness (QED) is 0.683. The fraction of sp³-hybridized carbons (Fsp3) is 0.273. The molecule has 1 unspecified atom stereocenters. The lowest BCUT2D eigenvalue weighted by atomic mass is 9.90. The van der Waals surface area contributed by atoms with Gasteiger partial charge in [0.1, 0.15) is 17.9 Å². The third kappa shape index (κ3) is 3.62. The molecule has 31 heavy (non-hydrogen) atoms. The first kappa shape index (κ1) is 20.8. The molecule has 0 aliphatic carbocycles. The highest BCUT2D eigenvalue weighted by atomic mass is 35.5. The molecule has 0 saturated carbocycles. The van der Waals surface area contributed by atoms with E-state index in [0.29, 0.717) is 18.0 Å². The second kappa shape index (κ2) is 8.00. The predicted molar refractivity (Wildman–Crippen MR) is 110 cm³/mol. The Labute approximate surface area is 183 Å². The fourth-order valence-electron chi connectivity index (χ4n) is 4.21. The first-order valence-electron chi connectivity index (χ1n) is 9.64. The molecule has 0 radical (unpaired) electrons. The van der Waals surface area contributed by atoms with Crippen LogP contribution >= 0.6 is 11.6 Å². The number of nitriles is 1. The van der Waals surface area contributed by atoms with Crippen LogP contribution in [0, 0.1) is 17.1 Å². The number of amides is 3. The smallest absolute Gasteiger partial charge is 0.255 e. The van der Waals surface area contributed by atoms with Crippen molar-refractivity contribution in [3.63, 3.8) is 0 Å². The van der Waals surface area contributed by atoms with Crippen molar-refractivity contribution in [2.75, 3.05) is 24.5 Å². The number of carbonyl (C=O) groups is 3. The van der Waals surface area contributed by atoms with E-state index in [1.54, 1.807) is 24.3 Å². The SMILES string of the molecule is N#Cc1ccc(N2CC(=O)N(Cc3ccc(Cl)cc3)C3(CCN(C=O)C3)C2=O)c(F)c1. The van der Waals surface area contributed by atoms with Crippen molar-refractivity contribution >= 4 is 35.5 Å². The number of nitrogens with zero attached hydrogens (tertiary/aromatic N) is 4. The molecule has 2 aromatic rings. The molecule has 2 aliphatic heterocycles. The molecule has 7 nitrogen and oxygen atoms in total. The van der Waals surface area contributed by atoms with Crippen molar-refractivity contribution in [3.05, 3.63) is 64.4 Å². The van der Waals surface area contributed by atoms with E-state index in [9.17, 15) is 18.8 Å². The van der Waals surface area contributed by atoms with Crippen molar-refractivity contribution < 1.29 is 18.8 Å². The number of rotatable bonds is 4. The highest BCUT2D eigenvalue weighted by Crippen LogP contribution is 2.37. The Bertz CT molecular complexity index is 1100. The monoisotopic (exact) mass is 440 g/mol. The molecule has 0 aromatic heterocycles. The van der Waals surface area contributed by atoms with Gasteiger partial charge in [-0.05, 0) is 42.3 Å². The van der Waals surface area contributed by atoms with Gasteiger partial charge >= 0.3 is 0 Å². The van der Waals surface area contributed by atoms with Gasteiger partial charge in [-0.1, -0.05) is 23.7 Å². The van der Waals surface area contributed by atoms with E-state index in [-0.39, 0.29) is 43.2 Å². The lowest BCUT2D eigenvalue weighted by Gasteiger charge is -2.47. The Morgan fingerprint density at radius 1 is 1.19 bits per heavy atom. The predicted octanol–water partition coefficient (Wildman–Crippen LogP) is 2.33. The van der Waals surface area contributed by atoms with E-state index in [4.69, 9.17) is 16.9 Å². The van der Waals surface area contributed by atoms with E-state index in [1.807, 2.05) is 6.07 Å². The molecule has 0 N–H and O–H groups in total. The third-order valence-corrected chi connectivity index (χ3v) is 6.05. The van der Waals surface area contributed by atoms with Crippen molar-refractivity contribution in [2.45, 2.75) is 18.5 Å². The summed E-state index contributed by atoms with van der Waals surface area (Å²) in [6, 6.07) is 12.5. The molecule has 2 heterocycles. The van der Waals surface area contributed by atoms with Crippen LogP contribution in [0.25, 0.3) is 0 Å². The highest BCUT2D eigenvalue weighted by Gasteiger charge is 2.56. The second-order valence-corrected chi connectivity index (χ2v) is 8.07. The van der Waals surface area contributed by atoms with Crippen LogP contribution in [0.2, 0.25) is 5.02 Å². The Morgan fingerprint density at radius 2 is 1.94 bits per heavy atom. The minimum atomic E-state index is -1.30. The minimum Gasteiger partial charge on any atom is -0.342 e. The molecule has 158 valence electrons. The maximum absolute atomic E-state index is 14.7. The number of benzene rings is 2. The van der Waals surface area contributed by atoms with Crippen LogP contribution in [0.15, 0.2) is 42.5 Å². The van der Waals surface area contributed by atoms with Crippen LogP contribution in [0.5, 0.6) is 0 Å². The Balaban J connectivity index is 1.73. The summed E-state index contributed by atoms with van der Waals surface area (Å²) < 4.78 is 14.7. The third-order valence-electron chi connectivity index (χ3n) is 5.80. The lowest BCUT2D eigenvalue weighted by molar-refractivity contribution is -0.151. The van der Waals surface area contributed by atoms with Gasteiger partial charge in [-0.25, -0.2) is 4.39 Å². The largest absolute Gasteiger partial charge is 0.342 e. The van der Waals surface area contributed by atoms with Gasteiger partial charge in [0.2, 0.25) is 12.3 Å². The number of piperazine rings is 1. The van der Waals surface area contributed by atoms with E-state index in [1.165, 1.54) is 21.9 Å². The maximum Gasteiger partial charge on any atom is 0.255 e. The molecule has 1 atom stereocenters. The van der Waals surface area contributed by atoms with E-state index in [0.717, 1.165) is 16.5 Å². The average molecular weight is 441 g/mol. The second-order valence-electron chi connectivity index (χ2n) is 7.63. The van der Waals surface area contributed by atoms with Crippen molar-refractivity contribution in [2.24, 2.45) is 0 Å². The summed E-state index contributed by atoms with van der Waals surface area (Å²) in [5.41, 5.74) is -0.458. The van der Waals surface area contributed by atoms with E-state index in [2.05, 4.69) is 0 Å². The number of likely N-dealkylation sites (tertiary alicyclic amines) is 1. The van der Waals surface area contributed by atoms with Crippen molar-refractivity contribution in [1.82, 2.24) is 9.80 Å². The molecule has 0 bridgehead atoms. The van der Waals surface area contributed by atoms with Crippen molar-refractivity contribution in [1.29, 1.82) is 5.26 Å². The van der Waals surface area contributed by atoms with E-state index < -0.39 is 17.3 Å². The van der Waals surface area contributed by atoms with Crippen LogP contribution in [-0.4, -0.2) is 53.2 Å². The Kier molecular flexibility index (Phi) is 5.38. The lowest BCUT2D eigenvalue weighted by Crippen LogP contribution is -2.69. The van der Waals surface area contributed by atoms with Crippen LogP contribution in [0.3, 0.4) is 0 Å². The van der Waals surface area contributed by atoms with Crippen LogP contribution in [0.1, 0.15) is 17.5 Å². The molecule has 2 aliphatic rings. The summed E-state index contributed by atoms with van der Waals surface area (Å²) in [7, 11) is 0. The molecule has 9 heteroatoms. The Hall–Kier alpha value is -3.44. The van der Waals surface area contributed by atoms with Gasteiger partial charge in [-0.3, -0.25) is 19.3 Å². The minimum absolute atomic E-state index is 0.0308. The number of hydrogen-bond donors (Lipinski definition) is 0. The summed E-state index contributed by atoms with van der Waals surface area (Å²) in [5.74, 6) is -1.56. The molecule has 3 amide bonds. The standard InChI is InChI=1S/C22H18ClFN4O3/c23-17-4-1-15(2-5-17)11-28-20(30)12-27(19-6-3-16(10-25)9-18(19)24)21(31)22(28)7-8-26(13-22)14-29/h1-6,9,14H,7-8,11-13H2. The van der Waals surface area contributed by atoms with Gasteiger partial charge in [0, 0.05) is 18.1 Å². The van der Waals surface area contributed by atoms with E-state index >= 15 is 0 Å². The molecule has 1 spiro atoms. The van der Waals surface area contributed by atoms with Gasteiger partial charge in [0.25, 0.3) is 5.91 Å². The zero-order valence-electron chi connectivity index (χ0n) is 16.4. The fourth-order valence-corrected chi connectivity index (χ4v) is 4.33. The number of hydrogen-bond acceptors (Lipinski definition) is 4. The summed E-state index contributed by atoms with van der Waals surface area (Å²) >= 11 is 5.95. The van der Waals surface area contributed by atoms with Crippen molar-refractivity contribution in [3.8, 4) is 6.07 Å². The highest BCUT2D eigenvalue weighted by molar-refractivity contribution is 6.30. The first-order valence-corrected chi connectivity index (χ1v) is 10.0. The first-order chi connectivity index (χ1) is 14.9. The summed E-state index contributed by atoms with van der Waals surface area (Å²) in [6.07, 6.45) is 0.895. The summed E-state index contributed by atoms with van der Waals surface area (Å²) in [5, 5.41) is 9.52. The molecule has 2 aromatic carbocycles. The normalized spacial score (nSPS) is 21.0. The molecular formula is C22H18ClFN4O3. The average Bonchev–Trinajstić information content (AvgIpc) is 3.21. The van der Waals surface area contributed by atoms with Gasteiger partial charge in [0.15, 0.2) is 0 Å². The van der Waals surface area contributed by atoms with Crippen LogP contribution < -0.4 is 4.90 Å². The zero-order valence-corrected chi connectivity index (χ0v) is 17.2. The topological polar surface area (TPSA) is 84.7 Å². The summed E-state index contributed by atoms with van der Waals surface area (Å²) in [6.45, 7) is 0.169. The molecule has 4 rings (SSSR count). The summed E-state index contributed by atoms with van der Waals surface area (Å²) in [4.78, 5) is 42.3. The number of halogens is 2. The van der Waals surface area contributed by atoms with Gasteiger partial charge in [-0.15, -0.1) is 0 Å². The van der Waals surface area contributed by atoms with Crippen LogP contribution in [0.4, 0.5) is 10.1 Å². The van der Waals surface area contributed by atoms with Gasteiger partial charge in [0.05, 0.1) is 23.9 Å². The van der Waals surface area contributed by atoms with Gasteiger partial charge < -0.3 is 9.80 Å². The molecule has 2 fully saturated rings. The Morgan fingerprint density at radius 3 is 2.55 bits per heavy atom. The molecular weight excluding hydrogens is 423 g/mol. The van der Waals surface area contributed by atoms with Gasteiger partial charge in [-0.2, -0.15) is 5.26 Å². The number of carbonyl (C=O) groups excluding carboxylic acids is 3. The maximum atomic E-state index is 14.7. The van der Waals surface area contributed by atoms with Crippen LogP contribution in [-0.2, 0) is 20.9 Å². The zero-order chi connectivity index (χ0) is 22.2. The number of anilines is 1.